The van der Waals surface area contributed by atoms with Gasteiger partial charge in [0.2, 0.25) is 0 Å². The molecule has 1 amide bonds. The van der Waals surface area contributed by atoms with Gasteiger partial charge in [-0.15, -0.1) is 0 Å². The van der Waals surface area contributed by atoms with Crippen molar-refractivity contribution in [1.82, 2.24) is 0 Å². The Morgan fingerprint density at radius 1 is 1.03 bits per heavy atom. The van der Waals surface area contributed by atoms with Crippen molar-refractivity contribution in [2.24, 2.45) is 0 Å². The standard InChI is InChI=1S/C22H21NO7/c1-27-22(26)16-5-7-17(8-6-16)23-20(24)14-30-21(25)10-4-15-3-9-18-19(13-15)29-12-2-11-28-18/h3-10,13H,2,11-12,14H2,1H3,(H,23,24)/b10-4+. The summed E-state index contributed by atoms with van der Waals surface area (Å²) in [5.41, 5.74) is 1.57. The highest BCUT2D eigenvalue weighted by molar-refractivity contribution is 5.95. The Labute approximate surface area is 173 Å². The Morgan fingerprint density at radius 3 is 2.50 bits per heavy atom. The van der Waals surface area contributed by atoms with Crippen molar-refractivity contribution in [2.75, 3.05) is 32.2 Å². The van der Waals surface area contributed by atoms with Crippen LogP contribution >= 0.6 is 0 Å². The molecule has 3 rings (SSSR count). The van der Waals surface area contributed by atoms with E-state index in [4.69, 9.17) is 14.2 Å². The molecule has 0 aliphatic carbocycles. The third-order valence-corrected chi connectivity index (χ3v) is 4.12. The molecule has 1 N–H and O–H groups in total. The zero-order chi connectivity index (χ0) is 21.3. The van der Waals surface area contributed by atoms with Gasteiger partial charge >= 0.3 is 11.9 Å². The van der Waals surface area contributed by atoms with Gasteiger partial charge in [-0.05, 0) is 48.0 Å². The molecule has 0 saturated carbocycles. The fourth-order valence-electron chi connectivity index (χ4n) is 2.64. The summed E-state index contributed by atoms with van der Waals surface area (Å²) < 4.78 is 20.7. The lowest BCUT2D eigenvalue weighted by atomic mass is 10.2. The Morgan fingerprint density at radius 2 is 1.77 bits per heavy atom. The molecule has 8 nitrogen and oxygen atoms in total. The molecule has 156 valence electrons. The summed E-state index contributed by atoms with van der Waals surface area (Å²) in [5.74, 6) is -0.331. The molecule has 1 aliphatic heterocycles. The van der Waals surface area contributed by atoms with Crippen LogP contribution < -0.4 is 14.8 Å². The highest BCUT2D eigenvalue weighted by Gasteiger charge is 2.11. The SMILES string of the molecule is COC(=O)c1ccc(NC(=O)COC(=O)/C=C/c2ccc3c(c2)OCCCO3)cc1. The first-order valence-electron chi connectivity index (χ1n) is 9.28. The Balaban J connectivity index is 1.47. The highest BCUT2D eigenvalue weighted by atomic mass is 16.5. The van der Waals surface area contributed by atoms with Crippen LogP contribution in [0.3, 0.4) is 0 Å². The first-order valence-corrected chi connectivity index (χ1v) is 9.28. The van der Waals surface area contributed by atoms with E-state index in [2.05, 4.69) is 10.1 Å². The van der Waals surface area contributed by atoms with Gasteiger partial charge in [-0.1, -0.05) is 6.07 Å². The third kappa shape index (κ3) is 5.84. The molecule has 8 heteroatoms. The molecule has 0 spiro atoms. The van der Waals surface area contributed by atoms with Crippen molar-refractivity contribution in [3.8, 4) is 11.5 Å². The topological polar surface area (TPSA) is 100 Å². The van der Waals surface area contributed by atoms with Crippen LogP contribution in [0, 0.1) is 0 Å². The van der Waals surface area contributed by atoms with Crippen LogP contribution in [-0.4, -0.2) is 44.8 Å². The van der Waals surface area contributed by atoms with Gasteiger partial charge < -0.3 is 24.3 Å². The Hall–Kier alpha value is -3.81. The zero-order valence-corrected chi connectivity index (χ0v) is 16.4. The van der Waals surface area contributed by atoms with Gasteiger partial charge in [0.05, 0.1) is 25.9 Å². The summed E-state index contributed by atoms with van der Waals surface area (Å²) in [5, 5.41) is 2.57. The number of rotatable bonds is 6. The number of ether oxygens (including phenoxy) is 4. The van der Waals surface area contributed by atoms with E-state index in [0.29, 0.717) is 36.0 Å². The quantitative estimate of drug-likeness (QED) is 0.576. The second-order valence-electron chi connectivity index (χ2n) is 6.31. The number of anilines is 1. The van der Waals surface area contributed by atoms with Crippen LogP contribution in [0.25, 0.3) is 6.08 Å². The molecule has 0 unspecified atom stereocenters. The largest absolute Gasteiger partial charge is 0.490 e. The molecule has 30 heavy (non-hydrogen) atoms. The molecule has 1 heterocycles. The normalized spacial score (nSPS) is 12.7. The first kappa shape index (κ1) is 20.9. The van der Waals surface area contributed by atoms with E-state index in [1.165, 1.54) is 25.3 Å². The average Bonchev–Trinajstić information content (AvgIpc) is 3.01. The van der Waals surface area contributed by atoms with Crippen LogP contribution in [-0.2, 0) is 19.1 Å². The van der Waals surface area contributed by atoms with Gasteiger partial charge in [-0.25, -0.2) is 9.59 Å². The van der Waals surface area contributed by atoms with Crippen molar-refractivity contribution in [3.63, 3.8) is 0 Å². The van der Waals surface area contributed by atoms with Crippen LogP contribution in [0.5, 0.6) is 11.5 Å². The van der Waals surface area contributed by atoms with E-state index in [0.717, 1.165) is 12.0 Å². The monoisotopic (exact) mass is 411 g/mol. The number of fused-ring (bicyclic) bond motifs is 1. The number of methoxy groups -OCH3 is 1. The minimum absolute atomic E-state index is 0.363. The molecule has 0 radical (unpaired) electrons. The van der Waals surface area contributed by atoms with Crippen molar-refractivity contribution < 1.29 is 33.3 Å². The smallest absolute Gasteiger partial charge is 0.337 e. The first-order chi connectivity index (χ1) is 14.5. The van der Waals surface area contributed by atoms with Crippen molar-refractivity contribution in [1.29, 1.82) is 0 Å². The predicted octanol–water partition coefficient (Wildman–Crippen LogP) is 2.83. The summed E-state index contributed by atoms with van der Waals surface area (Å²) >= 11 is 0. The minimum atomic E-state index is -0.654. The number of carbonyl (C=O) groups excluding carboxylic acids is 3. The van der Waals surface area contributed by atoms with Crippen LogP contribution in [0.1, 0.15) is 22.3 Å². The van der Waals surface area contributed by atoms with E-state index >= 15 is 0 Å². The van der Waals surface area contributed by atoms with Gasteiger partial charge in [0.15, 0.2) is 18.1 Å². The molecule has 2 aromatic rings. The molecule has 0 fully saturated rings. The molecule has 0 bridgehead atoms. The lowest BCUT2D eigenvalue weighted by molar-refractivity contribution is -0.142. The van der Waals surface area contributed by atoms with E-state index in [1.54, 1.807) is 36.4 Å². The van der Waals surface area contributed by atoms with Crippen LogP contribution in [0.2, 0.25) is 0 Å². The second-order valence-corrected chi connectivity index (χ2v) is 6.31. The average molecular weight is 411 g/mol. The van der Waals surface area contributed by atoms with E-state index in [-0.39, 0.29) is 0 Å². The number of hydrogen-bond donors (Lipinski definition) is 1. The molecule has 2 aromatic carbocycles. The number of carbonyl (C=O) groups is 3. The molecular formula is C22H21NO7. The number of nitrogens with one attached hydrogen (secondary N) is 1. The van der Waals surface area contributed by atoms with Crippen LogP contribution in [0.4, 0.5) is 5.69 Å². The second kappa shape index (κ2) is 10.1. The molecule has 0 aromatic heterocycles. The Kier molecular flexibility index (Phi) is 7.05. The number of esters is 2. The third-order valence-electron chi connectivity index (χ3n) is 4.12. The van der Waals surface area contributed by atoms with Gasteiger partial charge in [0.1, 0.15) is 0 Å². The number of hydrogen-bond acceptors (Lipinski definition) is 7. The van der Waals surface area contributed by atoms with E-state index < -0.39 is 24.5 Å². The fraction of sp³-hybridized carbons (Fsp3) is 0.227. The molecule has 0 saturated heterocycles. The number of amides is 1. The summed E-state index contributed by atoms with van der Waals surface area (Å²) in [7, 11) is 1.29. The summed E-state index contributed by atoms with van der Waals surface area (Å²) in [6, 6.07) is 11.5. The van der Waals surface area contributed by atoms with Crippen molar-refractivity contribution in [3.05, 3.63) is 59.7 Å². The van der Waals surface area contributed by atoms with Gasteiger partial charge in [-0.2, -0.15) is 0 Å². The van der Waals surface area contributed by atoms with E-state index in [9.17, 15) is 14.4 Å². The lowest BCUT2D eigenvalue weighted by Gasteiger charge is -2.07. The zero-order valence-electron chi connectivity index (χ0n) is 16.4. The lowest BCUT2D eigenvalue weighted by Crippen LogP contribution is -2.20. The maximum Gasteiger partial charge on any atom is 0.337 e. The Bertz CT molecular complexity index is 950. The summed E-state index contributed by atoms with van der Waals surface area (Å²) in [4.78, 5) is 35.2. The summed E-state index contributed by atoms with van der Waals surface area (Å²) in [6.07, 6.45) is 3.61. The van der Waals surface area contributed by atoms with E-state index in [1.807, 2.05) is 0 Å². The minimum Gasteiger partial charge on any atom is -0.490 e. The van der Waals surface area contributed by atoms with Crippen molar-refractivity contribution >= 4 is 29.6 Å². The maximum absolute atomic E-state index is 11.9. The number of benzene rings is 2. The summed E-state index contributed by atoms with van der Waals surface area (Å²) in [6.45, 7) is 0.734. The fourth-order valence-corrected chi connectivity index (χ4v) is 2.64. The van der Waals surface area contributed by atoms with Crippen LogP contribution in [0.15, 0.2) is 48.5 Å². The van der Waals surface area contributed by atoms with Gasteiger partial charge in [0.25, 0.3) is 5.91 Å². The molecule has 1 aliphatic rings. The molecule has 0 atom stereocenters. The highest BCUT2D eigenvalue weighted by Crippen LogP contribution is 2.30. The maximum atomic E-state index is 11.9. The van der Waals surface area contributed by atoms with Crippen molar-refractivity contribution in [2.45, 2.75) is 6.42 Å². The van der Waals surface area contributed by atoms with Gasteiger partial charge in [-0.3, -0.25) is 4.79 Å². The predicted molar refractivity (Wildman–Crippen MR) is 108 cm³/mol. The van der Waals surface area contributed by atoms with Gasteiger partial charge in [0, 0.05) is 18.2 Å². The molecular weight excluding hydrogens is 390 g/mol.